The first-order chi connectivity index (χ1) is 34.4. The van der Waals surface area contributed by atoms with Gasteiger partial charge in [-0.3, -0.25) is 19.2 Å². The Morgan fingerprint density at radius 2 is 0.973 bits per heavy atom. The number of aryl methyl sites for hydroxylation is 2. The summed E-state index contributed by atoms with van der Waals surface area (Å²) in [6.45, 7) is 1.88. The fourth-order valence-corrected chi connectivity index (χ4v) is 10.4. The van der Waals surface area contributed by atoms with Gasteiger partial charge in [0.05, 0.1) is 39.3 Å². The van der Waals surface area contributed by atoms with Gasteiger partial charge in [-0.05, 0) is 109 Å². The normalized spacial score (nSPS) is 14.4. The summed E-state index contributed by atoms with van der Waals surface area (Å²) < 4.78 is 92.0. The molecule has 2 aliphatic rings. The number of aromatic nitrogens is 2. The third kappa shape index (κ3) is 15.0. The topological polar surface area (TPSA) is 163 Å². The van der Waals surface area contributed by atoms with Crippen LogP contribution in [-0.2, 0) is 41.3 Å². The smallest absolute Gasteiger partial charge is 0.870 e. The molecule has 13 nitrogen and oxygen atoms in total. The molecule has 0 spiro atoms. The van der Waals surface area contributed by atoms with Crippen molar-refractivity contribution in [2.24, 2.45) is 25.9 Å². The van der Waals surface area contributed by atoms with Gasteiger partial charge in [-0.2, -0.15) is 0 Å². The number of aliphatic carboxylic acids is 1. The van der Waals surface area contributed by atoms with E-state index in [-0.39, 0.29) is 94.8 Å². The van der Waals surface area contributed by atoms with Gasteiger partial charge in [0.1, 0.15) is 11.5 Å². The number of esters is 1. The van der Waals surface area contributed by atoms with Gasteiger partial charge in [0.15, 0.2) is 0 Å². The summed E-state index contributed by atoms with van der Waals surface area (Å²) >= 11 is 26.3. The number of hydrogen-bond donors (Lipinski definition) is 1. The summed E-state index contributed by atoms with van der Waals surface area (Å²) in [5.41, 5.74) is 4.27. The van der Waals surface area contributed by atoms with Crippen molar-refractivity contribution in [3.8, 4) is 11.5 Å². The summed E-state index contributed by atoms with van der Waals surface area (Å²) in [7, 11) is 4.80. The first kappa shape index (κ1) is 60.6. The van der Waals surface area contributed by atoms with Crippen molar-refractivity contribution in [1.29, 1.82) is 0 Å². The third-order valence-electron chi connectivity index (χ3n) is 13.2. The average molecular weight is 1120 g/mol. The van der Waals surface area contributed by atoms with E-state index < -0.39 is 18.7 Å². The van der Waals surface area contributed by atoms with Crippen molar-refractivity contribution >= 4 is 92.0 Å². The SMILES string of the molecule is COC(=O)CC1CCN(C(=O)c2ccc(Cl)c(Cc3cc4ccc(OC(F)(F)F)cc4n3C)c2Cl)CC1.Cn1c(Cc2c(Cl)ccc(C(=O)N3CCC(CC(=O)O)CC3)c2Cl)cc2ccc(OC(F)(F)F)cc21.[Li+].[OH-]. The number of carbonyl (C=O) groups excluding carboxylic acids is 3. The largest absolute Gasteiger partial charge is 1.00 e. The molecule has 2 amide bonds. The zero-order valence-electron chi connectivity index (χ0n) is 40.9. The summed E-state index contributed by atoms with van der Waals surface area (Å²) in [6.07, 6.45) is -6.06. The number of likely N-dealkylation sites (tertiary alicyclic amines) is 2. The number of alkyl halides is 6. The van der Waals surface area contributed by atoms with E-state index in [1.165, 1.54) is 37.4 Å². The number of carboxylic acids is 1. The molecule has 0 aliphatic carbocycles. The van der Waals surface area contributed by atoms with Crippen LogP contribution in [0, 0.1) is 11.8 Å². The number of ether oxygens (including phenoxy) is 3. The third-order valence-corrected chi connectivity index (χ3v) is 14.8. The molecule has 0 saturated carbocycles. The van der Waals surface area contributed by atoms with Crippen LogP contribution in [0.1, 0.15) is 81.8 Å². The number of benzene rings is 4. The number of amides is 2. The number of halogens is 10. The van der Waals surface area contributed by atoms with Crippen molar-refractivity contribution in [2.75, 3.05) is 33.3 Å². The zero-order valence-corrected chi connectivity index (χ0v) is 43.9. The van der Waals surface area contributed by atoms with Crippen LogP contribution in [0.3, 0.4) is 0 Å². The fourth-order valence-electron chi connectivity index (χ4n) is 9.27. The molecule has 0 atom stereocenters. The van der Waals surface area contributed by atoms with Crippen molar-refractivity contribution in [3.05, 3.63) is 127 Å². The standard InChI is InChI=1S/C26H25Cl2F3N2O4.C25H23Cl2F3N2O4.Li.H2O/c1-32-17(12-16-3-4-18(14-22(16)32)37-26(29,30)31)13-20-21(27)6-5-19(24(20)28)25(35)33-9-7-15(8-10-33)11-23(34)36-2;1-31-16(11-15-2-3-17(13-21(15)31)36-25(28,29)30)12-19-20(26)5-4-18(23(19)27)24(35)32-8-6-14(7-9-32)10-22(33)34;;/h3-6,12,14-15H,7-11,13H2,1-2H3;2-5,11,13-14H,6-10,12H2,1H3,(H,33,34);;1H2/q;;+1;/p-1. The molecule has 4 heterocycles. The molecule has 8 rings (SSSR count). The second kappa shape index (κ2) is 25.3. The van der Waals surface area contributed by atoms with E-state index in [0.29, 0.717) is 107 Å². The maximum Gasteiger partial charge on any atom is 1.00 e. The fraction of sp³-hybridized carbons (Fsp3) is 0.373. The van der Waals surface area contributed by atoms with E-state index >= 15 is 0 Å². The van der Waals surface area contributed by atoms with E-state index in [0.717, 1.165) is 16.8 Å². The molecule has 0 bridgehead atoms. The van der Waals surface area contributed by atoms with Gasteiger partial charge in [0.25, 0.3) is 11.8 Å². The number of carboxylic acid groups (broad SMARTS) is 1. The van der Waals surface area contributed by atoms with Gasteiger partial charge in [-0.25, -0.2) is 0 Å². The van der Waals surface area contributed by atoms with Crippen LogP contribution < -0.4 is 28.3 Å². The minimum atomic E-state index is -4.79. The molecule has 75 heavy (non-hydrogen) atoms. The number of rotatable bonds is 12. The maximum atomic E-state index is 13.3. The van der Waals surface area contributed by atoms with E-state index in [1.54, 1.807) is 63.4 Å². The molecule has 2 saturated heterocycles. The molecule has 24 heteroatoms. The van der Waals surface area contributed by atoms with Crippen molar-refractivity contribution in [2.45, 2.75) is 64.1 Å². The molecule has 398 valence electrons. The number of carbonyl (C=O) groups is 4. The molecular formula is C51H49Cl4F6LiN4O9. The van der Waals surface area contributed by atoms with Crippen LogP contribution in [-0.4, -0.2) is 99.3 Å². The molecule has 2 aliphatic heterocycles. The Bertz CT molecular complexity index is 3060. The van der Waals surface area contributed by atoms with Crippen LogP contribution in [0.15, 0.2) is 72.8 Å². The molecule has 6 aromatic rings. The van der Waals surface area contributed by atoms with Crippen molar-refractivity contribution in [3.63, 3.8) is 0 Å². The number of hydrogen-bond acceptors (Lipinski definition) is 8. The maximum absolute atomic E-state index is 13.3. The molecule has 0 radical (unpaired) electrons. The Morgan fingerprint density at radius 1 is 0.600 bits per heavy atom. The number of fused-ring (bicyclic) bond motifs is 2. The van der Waals surface area contributed by atoms with E-state index in [1.807, 2.05) is 12.1 Å². The van der Waals surface area contributed by atoms with Crippen LogP contribution in [0.4, 0.5) is 26.3 Å². The zero-order chi connectivity index (χ0) is 53.1. The van der Waals surface area contributed by atoms with Gasteiger partial charge in [-0.15, -0.1) is 26.3 Å². The van der Waals surface area contributed by atoms with Crippen molar-refractivity contribution in [1.82, 2.24) is 18.9 Å². The van der Waals surface area contributed by atoms with Gasteiger partial charge in [-0.1, -0.05) is 46.4 Å². The number of nitrogens with zero attached hydrogens (tertiary/aromatic N) is 4. The molecule has 2 N–H and O–H groups in total. The predicted molar refractivity (Wildman–Crippen MR) is 266 cm³/mol. The monoisotopic (exact) mass is 1120 g/mol. The summed E-state index contributed by atoms with van der Waals surface area (Å²) in [5.74, 6) is -2.00. The summed E-state index contributed by atoms with van der Waals surface area (Å²) in [4.78, 5) is 52.4. The quantitative estimate of drug-likeness (QED) is 0.0715. The first-order valence-corrected chi connectivity index (χ1v) is 24.4. The van der Waals surface area contributed by atoms with E-state index in [9.17, 15) is 45.5 Å². The Morgan fingerprint density at radius 3 is 1.32 bits per heavy atom. The Balaban J connectivity index is 0.000000270. The van der Waals surface area contributed by atoms with E-state index in [2.05, 4.69) is 9.47 Å². The summed E-state index contributed by atoms with van der Waals surface area (Å²) in [6, 6.07) is 18.3. The molecule has 2 aromatic heterocycles. The molecule has 2 fully saturated rings. The Labute approximate surface area is 458 Å². The van der Waals surface area contributed by atoms with Crippen molar-refractivity contribution < 1.29 is 89.2 Å². The van der Waals surface area contributed by atoms with E-state index in [4.69, 9.17) is 56.2 Å². The number of piperidine rings is 2. The number of methoxy groups -OCH3 is 1. The van der Waals surface area contributed by atoms with Gasteiger partial charge < -0.3 is 43.7 Å². The molecule has 0 unspecified atom stereocenters. The van der Waals surface area contributed by atoms with Gasteiger partial charge in [0, 0.05) is 110 Å². The second-order valence-corrected chi connectivity index (χ2v) is 19.5. The van der Waals surface area contributed by atoms with Crippen LogP contribution in [0.2, 0.25) is 20.1 Å². The van der Waals surface area contributed by atoms with Gasteiger partial charge in [0.2, 0.25) is 0 Å². The molecule has 4 aromatic carbocycles. The van der Waals surface area contributed by atoms with Crippen LogP contribution in [0.5, 0.6) is 11.5 Å². The predicted octanol–water partition coefficient (Wildman–Crippen LogP) is 9.52. The Hall–Kier alpha value is -5.26. The summed E-state index contributed by atoms with van der Waals surface area (Å²) in [5, 5.41) is 11.6. The van der Waals surface area contributed by atoms with Crippen LogP contribution >= 0.6 is 46.4 Å². The Kier molecular flexibility index (Phi) is 20.4. The minimum Gasteiger partial charge on any atom is -0.870 e. The van der Waals surface area contributed by atoms with Crippen LogP contribution in [0.25, 0.3) is 21.8 Å². The second-order valence-electron chi connectivity index (χ2n) is 17.9. The van der Waals surface area contributed by atoms with Gasteiger partial charge >= 0.3 is 43.5 Å². The minimum absolute atomic E-state index is 0. The average Bonchev–Trinajstić information content (AvgIpc) is 3.81. The first-order valence-electron chi connectivity index (χ1n) is 22.9. The molecular weight excluding hydrogens is 1080 g/mol.